The maximum Gasteiger partial charge on any atom is 0.405 e. The number of ether oxygens (including phenoxy) is 2. The van der Waals surface area contributed by atoms with Gasteiger partial charge in [-0.15, -0.1) is 0 Å². The maximum atomic E-state index is 14.5. The zero-order chi connectivity index (χ0) is 39.3. The summed E-state index contributed by atoms with van der Waals surface area (Å²) in [4.78, 5) is 61.0. The number of rotatable bonds is 8. The van der Waals surface area contributed by atoms with Gasteiger partial charge in [-0.05, 0) is 75.5 Å². The molecule has 55 heavy (non-hydrogen) atoms. The number of hydrogen-bond acceptors (Lipinski definition) is 10. The Hall–Kier alpha value is -5.19. The average Bonchev–Trinajstić information content (AvgIpc) is 3.89. The van der Waals surface area contributed by atoms with Crippen molar-refractivity contribution in [3.63, 3.8) is 0 Å². The number of nitrogens with zero attached hydrogens (tertiary/aromatic N) is 4. The van der Waals surface area contributed by atoms with E-state index in [1.54, 1.807) is 61.4 Å². The van der Waals surface area contributed by atoms with Crippen LogP contribution in [0.15, 0.2) is 54.9 Å². The van der Waals surface area contributed by atoms with Crippen LogP contribution in [0.5, 0.6) is 11.5 Å². The molecule has 1 saturated heterocycles. The molecule has 2 aromatic heterocycles. The molecule has 4 amide bonds. The van der Waals surface area contributed by atoms with Crippen molar-refractivity contribution in [1.29, 1.82) is 0 Å². The molecule has 16 nitrogen and oxygen atoms in total. The van der Waals surface area contributed by atoms with E-state index in [4.69, 9.17) is 14.5 Å². The Kier molecular flexibility index (Phi) is 10.0. The van der Waals surface area contributed by atoms with Crippen molar-refractivity contribution < 1.29 is 42.2 Å². The molecular weight excluding hydrogens is 731 g/mol. The van der Waals surface area contributed by atoms with E-state index < -0.39 is 74.1 Å². The number of aromatic nitrogens is 3. The summed E-state index contributed by atoms with van der Waals surface area (Å²) in [5.74, 6) is -1.46. The van der Waals surface area contributed by atoms with Gasteiger partial charge in [0.15, 0.2) is 5.82 Å². The van der Waals surface area contributed by atoms with Crippen molar-refractivity contribution in [2.75, 3.05) is 13.7 Å². The van der Waals surface area contributed by atoms with E-state index in [0.29, 0.717) is 53.9 Å². The molecule has 0 bridgehead atoms. The maximum absolute atomic E-state index is 14.5. The van der Waals surface area contributed by atoms with Gasteiger partial charge in [-0.1, -0.05) is 26.0 Å². The zero-order valence-electron chi connectivity index (χ0n) is 31.2. The van der Waals surface area contributed by atoms with Crippen LogP contribution >= 0.6 is 0 Å². The molecule has 4 N–H and O–H groups in total. The van der Waals surface area contributed by atoms with Gasteiger partial charge < -0.3 is 30.1 Å². The zero-order valence-corrected chi connectivity index (χ0v) is 32.0. The summed E-state index contributed by atoms with van der Waals surface area (Å²) < 4.78 is 41.1. The fourth-order valence-electron chi connectivity index (χ4n) is 7.82. The molecule has 0 unspecified atom stereocenters. The second-order valence-electron chi connectivity index (χ2n) is 15.7. The number of fused-ring (bicyclic) bond motifs is 3. The highest BCUT2D eigenvalue weighted by Crippen LogP contribution is 2.47. The van der Waals surface area contributed by atoms with Crippen molar-refractivity contribution in [1.82, 2.24) is 35.0 Å². The van der Waals surface area contributed by atoms with Gasteiger partial charge in [0.1, 0.15) is 35.2 Å². The summed E-state index contributed by atoms with van der Waals surface area (Å²) in [5, 5.41) is 20.1. The third-order valence-electron chi connectivity index (χ3n) is 11.5. The van der Waals surface area contributed by atoms with E-state index in [-0.39, 0.29) is 25.3 Å². The van der Waals surface area contributed by atoms with Crippen molar-refractivity contribution >= 4 is 44.7 Å². The van der Waals surface area contributed by atoms with Crippen molar-refractivity contribution in [2.24, 2.45) is 17.8 Å². The van der Waals surface area contributed by atoms with E-state index in [1.165, 1.54) is 4.90 Å². The number of allylic oxidation sites excluding steroid dienone is 1. The Labute approximate surface area is 319 Å². The number of carbonyl (C=O) groups is 4. The summed E-state index contributed by atoms with van der Waals surface area (Å²) in [5.41, 5.74) is -1.01. The minimum absolute atomic E-state index is 0.00615. The highest BCUT2D eigenvalue weighted by atomic mass is 32.2. The molecule has 1 aromatic carbocycles. The van der Waals surface area contributed by atoms with E-state index >= 15 is 0 Å². The van der Waals surface area contributed by atoms with Gasteiger partial charge in [0.25, 0.3) is 5.91 Å². The van der Waals surface area contributed by atoms with Crippen molar-refractivity contribution in [2.45, 2.75) is 94.2 Å². The molecule has 4 aliphatic rings. The number of carboxylic acid groups (broad SMARTS) is 1. The molecule has 3 aromatic rings. The first-order valence-corrected chi connectivity index (χ1v) is 20.1. The first kappa shape index (κ1) is 38.1. The van der Waals surface area contributed by atoms with Crippen molar-refractivity contribution in [3.8, 4) is 17.3 Å². The Bertz CT molecular complexity index is 2140. The number of amides is 4. The lowest BCUT2D eigenvalue weighted by Crippen LogP contribution is -2.59. The lowest BCUT2D eigenvalue weighted by molar-refractivity contribution is -0.142. The summed E-state index contributed by atoms with van der Waals surface area (Å²) in [7, 11) is -2.47. The Morgan fingerprint density at radius 1 is 1.13 bits per heavy atom. The predicted molar refractivity (Wildman–Crippen MR) is 200 cm³/mol. The molecule has 3 fully saturated rings. The van der Waals surface area contributed by atoms with Crippen LogP contribution in [0.3, 0.4) is 0 Å². The molecule has 0 spiro atoms. The number of pyridine rings is 1. The van der Waals surface area contributed by atoms with Gasteiger partial charge in [0, 0.05) is 42.3 Å². The van der Waals surface area contributed by atoms with Crippen LogP contribution in [0, 0.1) is 17.8 Å². The quantitative estimate of drug-likeness (QED) is 0.244. The molecule has 2 saturated carbocycles. The molecule has 0 radical (unpaired) electrons. The Morgan fingerprint density at radius 2 is 1.91 bits per heavy atom. The third kappa shape index (κ3) is 7.58. The third-order valence-corrected chi connectivity index (χ3v) is 13.7. The number of carbonyl (C=O) groups excluding carboxylic acids is 3. The second-order valence-corrected chi connectivity index (χ2v) is 17.9. The monoisotopic (exact) mass is 777 g/mol. The molecule has 7 rings (SSSR count). The first-order chi connectivity index (χ1) is 26.1. The van der Waals surface area contributed by atoms with E-state index in [1.807, 2.05) is 26.0 Å². The summed E-state index contributed by atoms with van der Waals surface area (Å²) in [6, 6.07) is 6.41. The van der Waals surface area contributed by atoms with Crippen LogP contribution in [-0.2, 0) is 24.4 Å². The average molecular weight is 778 g/mol. The van der Waals surface area contributed by atoms with Gasteiger partial charge in [-0.2, -0.15) is 5.10 Å². The van der Waals surface area contributed by atoms with Gasteiger partial charge in [0.05, 0.1) is 23.9 Å². The molecule has 2 aliphatic carbocycles. The van der Waals surface area contributed by atoms with Crippen LogP contribution in [-0.4, -0.2) is 99.1 Å². The molecule has 294 valence electrons. The van der Waals surface area contributed by atoms with Crippen LogP contribution in [0.1, 0.15) is 65.7 Å². The Balaban J connectivity index is 1.24. The van der Waals surface area contributed by atoms with Crippen LogP contribution in [0.2, 0.25) is 0 Å². The van der Waals surface area contributed by atoms with Crippen LogP contribution < -0.4 is 24.8 Å². The molecule has 17 heteroatoms. The lowest BCUT2D eigenvalue weighted by atomic mass is 9.88. The van der Waals surface area contributed by atoms with Crippen LogP contribution in [0.4, 0.5) is 4.79 Å². The normalized spacial score (nSPS) is 29.2. The van der Waals surface area contributed by atoms with E-state index in [0.717, 1.165) is 6.42 Å². The topological polar surface area (TPSA) is 211 Å². The highest BCUT2D eigenvalue weighted by Gasteiger charge is 2.63. The smallest absolute Gasteiger partial charge is 0.405 e. The first-order valence-electron chi connectivity index (χ1n) is 18.6. The number of methoxy groups -OCH3 is 1. The minimum Gasteiger partial charge on any atom is -0.497 e. The second kappa shape index (κ2) is 14.5. The van der Waals surface area contributed by atoms with E-state index in [9.17, 15) is 32.7 Å². The Morgan fingerprint density at radius 3 is 2.60 bits per heavy atom. The molecule has 7 atom stereocenters. The number of sulfonamides is 1. The fourth-order valence-corrected chi connectivity index (χ4v) is 9.13. The minimum atomic E-state index is -4.02. The summed E-state index contributed by atoms with van der Waals surface area (Å²) >= 11 is 0. The van der Waals surface area contributed by atoms with E-state index in [2.05, 4.69) is 20.5 Å². The van der Waals surface area contributed by atoms with Crippen LogP contribution in [0.25, 0.3) is 16.7 Å². The largest absolute Gasteiger partial charge is 0.497 e. The molecule has 4 heterocycles. The highest BCUT2D eigenvalue weighted by molar-refractivity contribution is 7.91. The van der Waals surface area contributed by atoms with Gasteiger partial charge in [-0.25, -0.2) is 22.9 Å². The molecule has 2 aliphatic heterocycles. The summed E-state index contributed by atoms with van der Waals surface area (Å²) in [6.07, 6.45) is 7.90. The van der Waals surface area contributed by atoms with Gasteiger partial charge in [0.2, 0.25) is 21.8 Å². The number of hydrogen-bond donors (Lipinski definition) is 4. The number of nitrogens with one attached hydrogen (secondary N) is 3. The lowest BCUT2D eigenvalue weighted by Gasteiger charge is -2.32. The predicted octanol–water partition coefficient (Wildman–Crippen LogP) is 3.30. The standard InChI is InChI=1S/C38H47N7O9S/c1-22-8-5-6-9-24-20-38(24,35(48)43-55(51,52)37(3)12-13-37)42-33(46)29-18-26(21-44(29)34(47)32(23(2)16-22)41-36(49)50)54-30-19-31(45-15-7-14-39-45)40-28-17-25(53-4)10-11-27(28)30/h6-7,9-11,14-15,17,19,22-24,26,29,32,41H,5,8,12-13,16,18,20-21H2,1-4H3,(H,42,46)(H,43,48)(H,49,50)/t22-,23-,24-,26-,29+,32+,38-/m1/s1. The van der Waals surface area contributed by atoms with Crippen molar-refractivity contribution in [3.05, 3.63) is 54.9 Å². The molecular formula is C38H47N7O9S. The van der Waals surface area contributed by atoms with Gasteiger partial charge >= 0.3 is 6.09 Å². The number of benzene rings is 1. The summed E-state index contributed by atoms with van der Waals surface area (Å²) in [6.45, 7) is 5.34. The SMILES string of the molecule is COc1ccc2c(O[C@@H]3C[C@H]4C(=O)N[C@]5(C(=O)NS(=O)(=O)C6(C)CC6)C[C@H]5C=CCC[C@@H](C)C[C@@H](C)[C@H](NC(=O)O)C(=O)N4C3)cc(-n3cccn3)nc2c1. The van der Waals surface area contributed by atoms with Gasteiger partial charge in [-0.3, -0.25) is 19.1 Å². The fraction of sp³-hybridized carbons (Fsp3) is 0.526.